The van der Waals surface area contributed by atoms with Crippen LogP contribution in [0.25, 0.3) is 0 Å². The third kappa shape index (κ3) is 4.71. The zero-order chi connectivity index (χ0) is 15.2. The second kappa shape index (κ2) is 7.42. The molecular formula is C14H21N5OS. The van der Waals surface area contributed by atoms with Gasteiger partial charge in [0.05, 0.1) is 11.8 Å². The lowest BCUT2D eigenvalue weighted by Crippen LogP contribution is -2.17. The number of nitrogen functional groups attached to an aromatic ring is 1. The van der Waals surface area contributed by atoms with Gasteiger partial charge in [0.15, 0.2) is 5.82 Å². The van der Waals surface area contributed by atoms with Crippen LogP contribution < -0.4 is 5.73 Å². The van der Waals surface area contributed by atoms with E-state index in [4.69, 9.17) is 10.3 Å². The molecule has 0 saturated heterocycles. The molecule has 0 aliphatic heterocycles. The summed E-state index contributed by atoms with van der Waals surface area (Å²) < 4.78 is 5.31. The lowest BCUT2D eigenvalue weighted by atomic mass is 10.2. The number of rotatable bonds is 7. The summed E-state index contributed by atoms with van der Waals surface area (Å²) >= 11 is 1.80. The fourth-order valence-corrected chi connectivity index (χ4v) is 2.76. The minimum Gasteiger partial charge on any atom is -0.384 e. The first-order valence-corrected chi connectivity index (χ1v) is 7.96. The van der Waals surface area contributed by atoms with Crippen LogP contribution in [-0.2, 0) is 13.1 Å². The van der Waals surface area contributed by atoms with Crippen LogP contribution in [0.4, 0.5) is 5.82 Å². The largest absolute Gasteiger partial charge is 0.384 e. The van der Waals surface area contributed by atoms with E-state index in [1.807, 2.05) is 19.2 Å². The molecule has 0 aliphatic carbocycles. The Hall–Kier alpha value is -1.60. The number of anilines is 1. The Kier molecular flexibility index (Phi) is 5.58. The predicted octanol–water partition coefficient (Wildman–Crippen LogP) is 2.49. The van der Waals surface area contributed by atoms with Gasteiger partial charge in [0.25, 0.3) is 0 Å². The predicted molar refractivity (Wildman–Crippen MR) is 84.7 cm³/mol. The standard InChI is InChI=1S/C14H21N5OS/c1-4-21-10(2)14-17-13(20-18-14)9-19(3)8-11-5-6-16-12(15)7-11/h5-7,10H,4,8-9H2,1-3H3,(H2,15,16)/t10-/m1/s1. The highest BCUT2D eigenvalue weighted by Crippen LogP contribution is 2.25. The maximum atomic E-state index is 5.68. The number of nitrogens with two attached hydrogens (primary N) is 1. The SMILES string of the molecule is CCS[C@H](C)c1noc(CN(C)Cc2ccnc(N)c2)n1. The van der Waals surface area contributed by atoms with Crippen molar-refractivity contribution in [3.05, 3.63) is 35.6 Å². The summed E-state index contributed by atoms with van der Waals surface area (Å²) in [4.78, 5) is 10.5. The van der Waals surface area contributed by atoms with Crippen LogP contribution in [0.3, 0.4) is 0 Å². The molecule has 21 heavy (non-hydrogen) atoms. The monoisotopic (exact) mass is 307 g/mol. The number of nitrogens with zero attached hydrogens (tertiary/aromatic N) is 4. The average Bonchev–Trinajstić information content (AvgIpc) is 2.87. The molecule has 1 atom stereocenters. The van der Waals surface area contributed by atoms with Gasteiger partial charge in [0.1, 0.15) is 5.82 Å². The molecule has 0 fully saturated rings. The Labute approximate surface area is 129 Å². The van der Waals surface area contributed by atoms with Gasteiger partial charge in [-0.2, -0.15) is 16.7 Å². The number of pyridine rings is 1. The molecule has 7 heteroatoms. The number of hydrogen-bond donors (Lipinski definition) is 1. The lowest BCUT2D eigenvalue weighted by Gasteiger charge is -2.14. The van der Waals surface area contributed by atoms with Crippen LogP contribution >= 0.6 is 11.8 Å². The van der Waals surface area contributed by atoms with Crippen molar-refractivity contribution < 1.29 is 4.52 Å². The van der Waals surface area contributed by atoms with Crippen LogP contribution in [0, 0.1) is 0 Å². The highest BCUT2D eigenvalue weighted by molar-refractivity contribution is 7.99. The Morgan fingerprint density at radius 1 is 1.43 bits per heavy atom. The van der Waals surface area contributed by atoms with E-state index in [-0.39, 0.29) is 5.25 Å². The molecule has 114 valence electrons. The van der Waals surface area contributed by atoms with E-state index in [2.05, 4.69) is 33.9 Å². The van der Waals surface area contributed by atoms with E-state index < -0.39 is 0 Å². The Morgan fingerprint density at radius 2 is 2.24 bits per heavy atom. The molecule has 0 spiro atoms. The van der Waals surface area contributed by atoms with Gasteiger partial charge < -0.3 is 10.3 Å². The minimum absolute atomic E-state index is 0.262. The molecular weight excluding hydrogens is 286 g/mol. The zero-order valence-corrected chi connectivity index (χ0v) is 13.4. The molecule has 0 unspecified atom stereocenters. The summed E-state index contributed by atoms with van der Waals surface area (Å²) in [5, 5.41) is 4.31. The van der Waals surface area contributed by atoms with Gasteiger partial charge in [-0.05, 0) is 37.4 Å². The molecule has 2 N–H and O–H groups in total. The van der Waals surface area contributed by atoms with Gasteiger partial charge in [-0.3, -0.25) is 4.90 Å². The van der Waals surface area contributed by atoms with Gasteiger partial charge in [0, 0.05) is 12.7 Å². The van der Waals surface area contributed by atoms with Crippen molar-refractivity contribution in [2.45, 2.75) is 32.2 Å². The minimum atomic E-state index is 0.262. The molecule has 0 aliphatic rings. The number of aromatic nitrogens is 3. The third-order valence-corrected chi connectivity index (χ3v) is 4.01. The summed E-state index contributed by atoms with van der Waals surface area (Å²) in [6.45, 7) is 5.57. The van der Waals surface area contributed by atoms with E-state index in [1.54, 1.807) is 18.0 Å². The molecule has 2 rings (SSSR count). The first-order valence-electron chi connectivity index (χ1n) is 6.91. The van der Waals surface area contributed by atoms with E-state index in [0.29, 0.717) is 18.3 Å². The van der Waals surface area contributed by atoms with Crippen molar-refractivity contribution in [3.8, 4) is 0 Å². The Morgan fingerprint density at radius 3 is 2.95 bits per heavy atom. The quantitative estimate of drug-likeness (QED) is 0.841. The molecule has 0 saturated carbocycles. The van der Waals surface area contributed by atoms with E-state index >= 15 is 0 Å². The first-order chi connectivity index (χ1) is 10.1. The average molecular weight is 307 g/mol. The Balaban J connectivity index is 1.92. The smallest absolute Gasteiger partial charge is 0.240 e. The number of hydrogen-bond acceptors (Lipinski definition) is 7. The molecule has 0 bridgehead atoms. The normalized spacial score (nSPS) is 12.8. The van der Waals surface area contributed by atoms with Gasteiger partial charge in [-0.25, -0.2) is 4.98 Å². The summed E-state index contributed by atoms with van der Waals surface area (Å²) in [6, 6.07) is 3.82. The fourth-order valence-electron chi connectivity index (χ4n) is 2.01. The lowest BCUT2D eigenvalue weighted by molar-refractivity contribution is 0.260. The van der Waals surface area contributed by atoms with Gasteiger partial charge in [-0.1, -0.05) is 12.1 Å². The highest BCUT2D eigenvalue weighted by atomic mass is 32.2. The third-order valence-electron chi connectivity index (χ3n) is 2.97. The van der Waals surface area contributed by atoms with Gasteiger partial charge >= 0.3 is 0 Å². The van der Waals surface area contributed by atoms with E-state index in [1.165, 1.54) is 0 Å². The zero-order valence-electron chi connectivity index (χ0n) is 12.6. The van der Waals surface area contributed by atoms with E-state index in [9.17, 15) is 0 Å². The van der Waals surface area contributed by atoms with Crippen molar-refractivity contribution in [1.82, 2.24) is 20.0 Å². The Bertz CT molecular complexity index is 574. The molecule has 2 aromatic heterocycles. The summed E-state index contributed by atoms with van der Waals surface area (Å²) in [5.41, 5.74) is 6.79. The van der Waals surface area contributed by atoms with Crippen molar-refractivity contribution in [3.63, 3.8) is 0 Å². The van der Waals surface area contributed by atoms with Crippen LogP contribution in [-0.4, -0.2) is 32.8 Å². The second-order valence-corrected chi connectivity index (χ2v) is 6.52. The van der Waals surface area contributed by atoms with Crippen molar-refractivity contribution >= 4 is 17.6 Å². The molecule has 0 radical (unpaired) electrons. The molecule has 6 nitrogen and oxygen atoms in total. The number of thioether (sulfide) groups is 1. The van der Waals surface area contributed by atoms with Crippen molar-refractivity contribution in [1.29, 1.82) is 0 Å². The van der Waals surface area contributed by atoms with Gasteiger partial charge in [0.2, 0.25) is 5.89 Å². The maximum absolute atomic E-state index is 5.68. The summed E-state index contributed by atoms with van der Waals surface area (Å²) in [7, 11) is 2.00. The molecule has 2 aromatic rings. The van der Waals surface area contributed by atoms with Crippen LogP contribution in [0.15, 0.2) is 22.9 Å². The van der Waals surface area contributed by atoms with Crippen LogP contribution in [0.1, 0.15) is 36.4 Å². The molecule has 2 heterocycles. The van der Waals surface area contributed by atoms with Crippen molar-refractivity contribution in [2.24, 2.45) is 0 Å². The van der Waals surface area contributed by atoms with Gasteiger partial charge in [-0.15, -0.1) is 0 Å². The summed E-state index contributed by atoms with van der Waals surface area (Å²) in [6.07, 6.45) is 1.72. The van der Waals surface area contributed by atoms with Crippen LogP contribution in [0.5, 0.6) is 0 Å². The topological polar surface area (TPSA) is 81.1 Å². The maximum Gasteiger partial charge on any atom is 0.240 e. The van der Waals surface area contributed by atoms with Crippen molar-refractivity contribution in [2.75, 3.05) is 18.5 Å². The molecule has 0 amide bonds. The highest BCUT2D eigenvalue weighted by Gasteiger charge is 2.14. The van der Waals surface area contributed by atoms with E-state index in [0.717, 1.165) is 23.7 Å². The first kappa shape index (κ1) is 15.8. The fraction of sp³-hybridized carbons (Fsp3) is 0.500. The second-order valence-electron chi connectivity index (χ2n) is 4.91. The summed E-state index contributed by atoms with van der Waals surface area (Å²) in [5.74, 6) is 2.97. The van der Waals surface area contributed by atoms with Crippen LogP contribution in [0.2, 0.25) is 0 Å². The molecule has 0 aromatic carbocycles.